The minimum absolute atomic E-state index is 0.0324. The monoisotopic (exact) mass is 247 g/mol. The molecule has 0 aromatic heterocycles. The van der Waals surface area contributed by atoms with Gasteiger partial charge in [0, 0.05) is 6.54 Å². The van der Waals surface area contributed by atoms with Crippen molar-refractivity contribution in [2.24, 2.45) is 23.7 Å². The van der Waals surface area contributed by atoms with E-state index in [2.05, 4.69) is 5.32 Å². The number of urea groups is 1. The highest BCUT2D eigenvalue weighted by Crippen LogP contribution is 2.61. The molecule has 0 aromatic carbocycles. The highest BCUT2D eigenvalue weighted by Gasteiger charge is 2.65. The number of nitrogens with zero attached hydrogens (tertiary/aromatic N) is 1. The Bertz CT molecular complexity index is 403. The van der Waals surface area contributed by atoms with Crippen LogP contribution in [0.25, 0.3) is 0 Å². The number of likely N-dealkylation sites (N-methyl/N-ethyl adjacent to an activating group) is 1. The molecule has 1 heterocycles. The van der Waals surface area contributed by atoms with E-state index < -0.39 is 0 Å². The number of hydrogen-bond donors (Lipinski definition) is 2. The molecule has 98 valence electrons. The number of amides is 2. The maximum absolute atomic E-state index is 12.1. The topological polar surface area (TPSA) is 56.2 Å². The Labute approximate surface area is 108 Å². The third-order valence-corrected chi connectivity index (χ3v) is 6.02. The van der Waals surface area contributed by atoms with Crippen LogP contribution in [0.4, 0.5) is 4.79 Å². The fourth-order valence-corrected chi connectivity index (χ4v) is 5.73. The molecule has 4 saturated carbocycles. The Morgan fingerprint density at radius 2 is 1.78 bits per heavy atom. The van der Waals surface area contributed by atoms with E-state index >= 15 is 0 Å². The minimum atomic E-state index is -0.251. The molecule has 4 nitrogen and oxygen atoms in total. The second-order valence-corrected chi connectivity index (χ2v) is 6.68. The minimum Gasteiger partial charge on any atom is -0.311 e. The van der Waals surface area contributed by atoms with Gasteiger partial charge in [0.1, 0.15) is 11.4 Å². The summed E-state index contributed by atoms with van der Waals surface area (Å²) in [6.07, 6.45) is 6.35. The van der Waals surface area contributed by atoms with E-state index in [4.69, 9.17) is 5.41 Å². The first-order valence-electron chi connectivity index (χ1n) is 7.33. The van der Waals surface area contributed by atoms with Crippen LogP contribution in [0.2, 0.25) is 0 Å². The highest BCUT2D eigenvalue weighted by molar-refractivity contribution is 6.09. The van der Waals surface area contributed by atoms with Gasteiger partial charge < -0.3 is 4.90 Å². The summed E-state index contributed by atoms with van der Waals surface area (Å²) in [5.41, 5.74) is -0.251. The van der Waals surface area contributed by atoms with Gasteiger partial charge in [0.05, 0.1) is 0 Å². The Balaban J connectivity index is 1.82. The van der Waals surface area contributed by atoms with E-state index in [0.29, 0.717) is 17.7 Å². The van der Waals surface area contributed by atoms with Gasteiger partial charge >= 0.3 is 6.03 Å². The van der Waals surface area contributed by atoms with Crippen molar-refractivity contribution in [1.82, 2.24) is 10.2 Å². The Hall–Kier alpha value is -1.06. The smallest absolute Gasteiger partial charge is 0.311 e. The van der Waals surface area contributed by atoms with Gasteiger partial charge in [0.15, 0.2) is 0 Å². The average molecular weight is 247 g/mol. The van der Waals surface area contributed by atoms with Gasteiger partial charge in [0.25, 0.3) is 0 Å². The number of nitrogens with one attached hydrogen (secondary N) is 2. The molecule has 0 unspecified atom stereocenters. The fraction of sp³-hybridized carbons (Fsp3) is 0.857. The van der Waals surface area contributed by atoms with Gasteiger partial charge in [-0.1, -0.05) is 0 Å². The van der Waals surface area contributed by atoms with Crippen molar-refractivity contribution in [3.63, 3.8) is 0 Å². The molecule has 4 bridgehead atoms. The predicted octanol–water partition coefficient (Wildman–Crippen LogP) is 2.20. The second-order valence-electron chi connectivity index (χ2n) is 6.68. The molecule has 18 heavy (non-hydrogen) atoms. The molecule has 0 radical (unpaired) electrons. The first kappa shape index (κ1) is 10.8. The van der Waals surface area contributed by atoms with Crippen molar-refractivity contribution < 1.29 is 4.79 Å². The van der Waals surface area contributed by atoms with Crippen LogP contribution >= 0.6 is 0 Å². The third-order valence-electron chi connectivity index (χ3n) is 6.02. The first-order valence-corrected chi connectivity index (χ1v) is 7.33. The third kappa shape index (κ3) is 1.04. The van der Waals surface area contributed by atoms with Gasteiger partial charge in [-0.3, -0.25) is 10.7 Å². The molecular weight excluding hydrogens is 226 g/mol. The number of amidine groups is 1. The molecule has 1 aliphatic heterocycles. The zero-order chi connectivity index (χ0) is 12.5. The Morgan fingerprint density at radius 3 is 2.28 bits per heavy atom. The summed E-state index contributed by atoms with van der Waals surface area (Å²) in [6.45, 7) is 2.78. The molecule has 1 spiro atoms. The molecule has 0 atom stereocenters. The maximum Gasteiger partial charge on any atom is 0.323 e. The molecule has 5 rings (SSSR count). The van der Waals surface area contributed by atoms with Crippen LogP contribution in [0.1, 0.15) is 39.0 Å². The van der Waals surface area contributed by atoms with Crippen LogP contribution < -0.4 is 5.32 Å². The Kier molecular flexibility index (Phi) is 1.97. The van der Waals surface area contributed by atoms with Crippen LogP contribution in [0.15, 0.2) is 0 Å². The standard InChI is InChI=1S/C14H21N3O/c1-2-17-13(18)16-12(15)14(17)10-4-8-3-9(6-10)7-11(14)5-8/h8-11H,2-7H2,1H3,(H2,15,16,18). The summed E-state index contributed by atoms with van der Waals surface area (Å²) in [7, 11) is 0. The molecule has 2 amide bonds. The molecule has 5 aliphatic rings. The van der Waals surface area contributed by atoms with Crippen LogP contribution in [0, 0.1) is 29.1 Å². The Morgan fingerprint density at radius 1 is 1.22 bits per heavy atom. The highest BCUT2D eigenvalue weighted by atomic mass is 16.2. The molecular formula is C14H21N3O. The summed E-state index contributed by atoms with van der Waals surface area (Å²) >= 11 is 0. The lowest BCUT2D eigenvalue weighted by Crippen LogP contribution is -2.67. The summed E-state index contributed by atoms with van der Waals surface area (Å²) in [4.78, 5) is 14.1. The van der Waals surface area contributed by atoms with Crippen molar-refractivity contribution in [3.8, 4) is 0 Å². The van der Waals surface area contributed by atoms with Crippen molar-refractivity contribution >= 4 is 11.9 Å². The number of hydrogen-bond acceptors (Lipinski definition) is 2. The lowest BCUT2D eigenvalue weighted by atomic mass is 9.48. The van der Waals surface area contributed by atoms with Crippen molar-refractivity contribution in [1.29, 1.82) is 5.41 Å². The van der Waals surface area contributed by atoms with E-state index in [1.807, 2.05) is 11.8 Å². The van der Waals surface area contributed by atoms with Gasteiger partial charge in [-0.05, 0) is 62.7 Å². The van der Waals surface area contributed by atoms with E-state index in [1.54, 1.807) is 0 Å². The van der Waals surface area contributed by atoms with E-state index in [9.17, 15) is 4.79 Å². The summed E-state index contributed by atoms with van der Waals surface area (Å²) < 4.78 is 0. The lowest BCUT2D eigenvalue weighted by molar-refractivity contribution is -0.0754. The van der Waals surface area contributed by atoms with Crippen LogP contribution in [0.3, 0.4) is 0 Å². The number of rotatable bonds is 1. The van der Waals surface area contributed by atoms with Crippen LogP contribution in [-0.4, -0.2) is 28.9 Å². The molecule has 2 N–H and O–H groups in total. The van der Waals surface area contributed by atoms with Gasteiger partial charge in [0.2, 0.25) is 0 Å². The van der Waals surface area contributed by atoms with E-state index in [-0.39, 0.29) is 11.6 Å². The second kappa shape index (κ2) is 3.28. The molecule has 4 heteroatoms. The first-order chi connectivity index (χ1) is 8.66. The van der Waals surface area contributed by atoms with Gasteiger partial charge in [-0.15, -0.1) is 0 Å². The molecule has 5 fully saturated rings. The lowest BCUT2D eigenvalue weighted by Gasteiger charge is -2.61. The summed E-state index contributed by atoms with van der Waals surface area (Å²) in [6, 6.07) is -0.0324. The molecule has 1 saturated heterocycles. The normalized spacial score (nSPS) is 49.3. The summed E-state index contributed by atoms with van der Waals surface area (Å²) in [5.74, 6) is 3.34. The maximum atomic E-state index is 12.1. The van der Waals surface area contributed by atoms with Gasteiger partial charge in [-0.25, -0.2) is 4.79 Å². The van der Waals surface area contributed by atoms with Crippen molar-refractivity contribution in [2.75, 3.05) is 6.54 Å². The summed E-state index contributed by atoms with van der Waals surface area (Å²) in [5, 5.41) is 11.2. The molecule has 4 aliphatic carbocycles. The van der Waals surface area contributed by atoms with Crippen molar-refractivity contribution in [3.05, 3.63) is 0 Å². The SMILES string of the molecule is CCN1C(=O)NC(=N)C12C1CC3CC(C1)CC2C3. The van der Waals surface area contributed by atoms with E-state index in [1.165, 1.54) is 32.1 Å². The van der Waals surface area contributed by atoms with E-state index in [0.717, 1.165) is 18.4 Å². The number of carbonyl (C=O) groups is 1. The van der Waals surface area contributed by atoms with Crippen LogP contribution in [-0.2, 0) is 0 Å². The average Bonchev–Trinajstić information content (AvgIpc) is 2.57. The fourth-order valence-electron chi connectivity index (χ4n) is 5.73. The largest absolute Gasteiger partial charge is 0.323 e. The van der Waals surface area contributed by atoms with Crippen LogP contribution in [0.5, 0.6) is 0 Å². The predicted molar refractivity (Wildman–Crippen MR) is 68.4 cm³/mol. The zero-order valence-corrected chi connectivity index (χ0v) is 10.9. The van der Waals surface area contributed by atoms with Crippen molar-refractivity contribution in [2.45, 2.75) is 44.6 Å². The van der Waals surface area contributed by atoms with Gasteiger partial charge in [-0.2, -0.15) is 0 Å². The zero-order valence-electron chi connectivity index (χ0n) is 10.9. The quantitative estimate of drug-likeness (QED) is 0.733. The number of carbonyl (C=O) groups excluding carboxylic acids is 1. The molecule has 0 aromatic rings.